The van der Waals surface area contributed by atoms with E-state index in [9.17, 15) is 0 Å². The van der Waals surface area contributed by atoms with Gasteiger partial charge in [-0.05, 0) is 28.9 Å². The fourth-order valence-corrected chi connectivity index (χ4v) is 2.64. The number of hydrogen-bond acceptors (Lipinski definition) is 3. The van der Waals surface area contributed by atoms with Crippen LogP contribution in [0.15, 0.2) is 4.60 Å². The summed E-state index contributed by atoms with van der Waals surface area (Å²) in [5.41, 5.74) is 0.524. The normalized spacial score (nSPS) is 11.5. The Morgan fingerprint density at radius 1 is 1.47 bits per heavy atom. The molecule has 4 nitrogen and oxygen atoms in total. The van der Waals surface area contributed by atoms with E-state index in [4.69, 9.17) is 10.00 Å². The Bertz CT molecular complexity index is 431. The van der Waals surface area contributed by atoms with Crippen molar-refractivity contribution in [2.24, 2.45) is 0 Å². The van der Waals surface area contributed by atoms with Gasteiger partial charge < -0.3 is 4.74 Å². The highest BCUT2D eigenvalue weighted by Crippen LogP contribution is 2.17. The maximum Gasteiger partial charge on any atom is 0.156 e. The molecule has 0 aromatic carbocycles. The molecule has 0 unspecified atom stereocenters. The highest BCUT2D eigenvalue weighted by atomic mass is 79.9. The van der Waals surface area contributed by atoms with Crippen LogP contribution < -0.4 is 0 Å². The Labute approximate surface area is 112 Å². The number of hydrogen-bond donors (Lipinski definition) is 0. The van der Waals surface area contributed by atoms with Crippen LogP contribution in [0, 0.1) is 18.3 Å². The summed E-state index contributed by atoms with van der Waals surface area (Å²) in [7, 11) is -1.05. The van der Waals surface area contributed by atoms with Crippen molar-refractivity contribution in [2.45, 2.75) is 39.3 Å². The van der Waals surface area contributed by atoms with Crippen LogP contribution in [0.3, 0.4) is 0 Å². The van der Waals surface area contributed by atoms with Gasteiger partial charge in [0.25, 0.3) is 0 Å². The third kappa shape index (κ3) is 4.26. The van der Waals surface area contributed by atoms with Crippen LogP contribution in [-0.2, 0) is 11.5 Å². The molecule has 0 fully saturated rings. The summed E-state index contributed by atoms with van der Waals surface area (Å²) in [5.74, 6) is 0.793. The van der Waals surface area contributed by atoms with Crippen LogP contribution >= 0.6 is 15.9 Å². The zero-order valence-corrected chi connectivity index (χ0v) is 13.3. The molecule has 0 spiro atoms. The van der Waals surface area contributed by atoms with Crippen molar-refractivity contribution < 1.29 is 4.74 Å². The molecule has 0 N–H and O–H groups in total. The maximum absolute atomic E-state index is 9.01. The Morgan fingerprint density at radius 2 is 2.12 bits per heavy atom. The second-order valence-corrected chi connectivity index (χ2v) is 11.6. The van der Waals surface area contributed by atoms with Gasteiger partial charge in [-0.1, -0.05) is 19.6 Å². The van der Waals surface area contributed by atoms with Gasteiger partial charge in [0.15, 0.2) is 5.69 Å². The molecule has 0 radical (unpaired) electrons. The lowest BCUT2D eigenvalue weighted by Gasteiger charge is -2.16. The summed E-state index contributed by atoms with van der Waals surface area (Å²) < 4.78 is 7.99. The summed E-state index contributed by atoms with van der Waals surface area (Å²) in [5, 5.41) is 9.01. The van der Waals surface area contributed by atoms with Gasteiger partial charge >= 0.3 is 0 Å². The lowest BCUT2D eigenvalue weighted by molar-refractivity contribution is 0.0852. The largest absolute Gasteiger partial charge is 0.361 e. The van der Waals surface area contributed by atoms with E-state index in [0.29, 0.717) is 17.0 Å². The fraction of sp³-hybridized carbons (Fsp3) is 0.636. The van der Waals surface area contributed by atoms with E-state index in [2.05, 4.69) is 46.6 Å². The number of aryl methyl sites for hydroxylation is 1. The van der Waals surface area contributed by atoms with Crippen LogP contribution in [0.1, 0.15) is 11.5 Å². The molecule has 6 heteroatoms. The SMILES string of the molecule is Cc1nc(Br)c(C#N)n1COCC[Si](C)(C)C. The average Bonchev–Trinajstić information content (AvgIpc) is 2.46. The molecule has 94 valence electrons. The standard InChI is InChI=1S/C11H18BrN3OSi/c1-9-14-11(12)10(7-13)15(9)8-16-5-6-17(2,3)4/h5-6,8H2,1-4H3. The lowest BCUT2D eigenvalue weighted by atomic mass is 10.5. The number of imidazole rings is 1. The van der Waals surface area contributed by atoms with Crippen molar-refractivity contribution in [2.75, 3.05) is 6.61 Å². The minimum absolute atomic E-state index is 0.401. The Kier molecular flexibility index (Phi) is 4.92. The molecule has 0 aliphatic rings. The Hall–Kier alpha value is -0.643. The highest BCUT2D eigenvalue weighted by molar-refractivity contribution is 9.10. The minimum atomic E-state index is -1.05. The van der Waals surface area contributed by atoms with E-state index >= 15 is 0 Å². The summed E-state index contributed by atoms with van der Waals surface area (Å²) >= 11 is 3.27. The molecule has 1 rings (SSSR count). The van der Waals surface area contributed by atoms with Gasteiger partial charge in [-0.25, -0.2) is 4.98 Å². The van der Waals surface area contributed by atoms with Gasteiger partial charge in [-0.15, -0.1) is 0 Å². The molecule has 0 aliphatic heterocycles. The highest BCUT2D eigenvalue weighted by Gasteiger charge is 2.14. The first-order valence-corrected chi connectivity index (χ1v) is 10.1. The zero-order valence-electron chi connectivity index (χ0n) is 10.7. The molecular weight excluding hydrogens is 298 g/mol. The van der Waals surface area contributed by atoms with Crippen LogP contribution in [0.5, 0.6) is 0 Å². The van der Waals surface area contributed by atoms with Crippen molar-refractivity contribution in [1.29, 1.82) is 5.26 Å². The van der Waals surface area contributed by atoms with Crippen molar-refractivity contribution >= 4 is 24.0 Å². The zero-order chi connectivity index (χ0) is 13.1. The molecule has 17 heavy (non-hydrogen) atoms. The van der Waals surface area contributed by atoms with E-state index in [0.717, 1.165) is 18.5 Å². The maximum atomic E-state index is 9.01. The Morgan fingerprint density at radius 3 is 2.65 bits per heavy atom. The van der Waals surface area contributed by atoms with Crippen LogP contribution in [0.4, 0.5) is 0 Å². The second-order valence-electron chi connectivity index (χ2n) is 5.19. The van der Waals surface area contributed by atoms with Gasteiger partial charge in [-0.2, -0.15) is 5.26 Å². The predicted octanol–water partition coefficient (Wildman–Crippen LogP) is 3.14. The van der Waals surface area contributed by atoms with Gasteiger partial charge in [0, 0.05) is 14.7 Å². The predicted molar refractivity (Wildman–Crippen MR) is 73.5 cm³/mol. The first-order valence-electron chi connectivity index (χ1n) is 5.55. The fourth-order valence-electron chi connectivity index (χ4n) is 1.33. The summed E-state index contributed by atoms with van der Waals surface area (Å²) in [6, 6.07) is 3.25. The number of aromatic nitrogens is 2. The summed E-state index contributed by atoms with van der Waals surface area (Å²) in [6.45, 7) is 9.96. The van der Waals surface area contributed by atoms with E-state index in [-0.39, 0.29) is 0 Å². The Balaban J connectivity index is 2.56. The molecule has 0 saturated heterocycles. The minimum Gasteiger partial charge on any atom is -0.361 e. The molecule has 0 aliphatic carbocycles. The van der Waals surface area contributed by atoms with Gasteiger partial charge in [0.1, 0.15) is 23.2 Å². The van der Waals surface area contributed by atoms with Crippen LogP contribution in [0.2, 0.25) is 25.7 Å². The molecule has 1 aromatic heterocycles. The first kappa shape index (κ1) is 14.4. The molecule has 0 saturated carbocycles. The topological polar surface area (TPSA) is 50.8 Å². The molecule has 0 amide bonds. The lowest BCUT2D eigenvalue weighted by Crippen LogP contribution is -2.22. The molecular formula is C11H18BrN3OSi. The summed E-state index contributed by atoms with van der Waals surface area (Å²) in [4.78, 5) is 4.20. The van der Waals surface area contributed by atoms with Gasteiger partial charge in [-0.3, -0.25) is 4.57 Å². The number of nitrogens with zero attached hydrogens (tertiary/aromatic N) is 3. The molecule has 1 heterocycles. The van der Waals surface area contributed by atoms with Crippen LogP contribution in [0.25, 0.3) is 0 Å². The number of halogens is 1. The van der Waals surface area contributed by atoms with Crippen molar-refractivity contribution in [3.05, 3.63) is 16.1 Å². The second kappa shape index (κ2) is 5.80. The third-order valence-electron chi connectivity index (χ3n) is 2.44. The number of rotatable bonds is 5. The van der Waals surface area contributed by atoms with E-state index in [1.807, 2.05) is 6.92 Å². The van der Waals surface area contributed by atoms with Crippen molar-refractivity contribution in [3.8, 4) is 6.07 Å². The van der Waals surface area contributed by atoms with E-state index in [1.165, 1.54) is 0 Å². The van der Waals surface area contributed by atoms with Gasteiger partial charge in [0.2, 0.25) is 0 Å². The van der Waals surface area contributed by atoms with E-state index < -0.39 is 8.07 Å². The first-order chi connectivity index (χ1) is 7.85. The smallest absolute Gasteiger partial charge is 0.156 e. The monoisotopic (exact) mass is 315 g/mol. The number of nitriles is 1. The quantitative estimate of drug-likeness (QED) is 0.619. The third-order valence-corrected chi connectivity index (χ3v) is 4.70. The molecule has 1 aromatic rings. The van der Waals surface area contributed by atoms with Crippen LogP contribution in [-0.4, -0.2) is 24.2 Å². The molecule has 0 atom stereocenters. The average molecular weight is 316 g/mol. The number of ether oxygens (including phenoxy) is 1. The van der Waals surface area contributed by atoms with Gasteiger partial charge in [0.05, 0.1) is 0 Å². The molecule has 0 bridgehead atoms. The van der Waals surface area contributed by atoms with Crippen molar-refractivity contribution in [3.63, 3.8) is 0 Å². The van der Waals surface area contributed by atoms with Crippen molar-refractivity contribution in [1.82, 2.24) is 9.55 Å². The summed E-state index contributed by atoms with van der Waals surface area (Å²) in [6.07, 6.45) is 0. The van der Waals surface area contributed by atoms with E-state index in [1.54, 1.807) is 4.57 Å².